The van der Waals surface area contributed by atoms with E-state index in [2.05, 4.69) is 35.1 Å². The molecular formula is C14H19BrF2N2. The molecule has 1 saturated heterocycles. The number of halogens is 3. The number of hydrogen-bond acceptors (Lipinski definition) is 2. The molecule has 0 radical (unpaired) electrons. The van der Waals surface area contributed by atoms with Gasteiger partial charge in [-0.05, 0) is 48.3 Å². The lowest BCUT2D eigenvalue weighted by Gasteiger charge is -2.34. The van der Waals surface area contributed by atoms with Crippen LogP contribution in [-0.4, -0.2) is 25.2 Å². The normalized spacial score (nSPS) is 24.4. The van der Waals surface area contributed by atoms with Crippen LogP contribution in [-0.2, 0) is 0 Å². The predicted molar refractivity (Wildman–Crippen MR) is 77.6 cm³/mol. The molecule has 5 heteroatoms. The number of nitrogens with zero attached hydrogens (tertiary/aromatic N) is 1. The Hall–Kier alpha value is -0.680. The molecule has 1 aromatic rings. The first-order valence-electron chi connectivity index (χ1n) is 6.60. The second-order valence-corrected chi connectivity index (χ2v) is 6.19. The van der Waals surface area contributed by atoms with Gasteiger partial charge in [-0.15, -0.1) is 0 Å². The van der Waals surface area contributed by atoms with Crippen LogP contribution in [0, 0.1) is 11.6 Å². The van der Waals surface area contributed by atoms with Gasteiger partial charge in [0, 0.05) is 24.7 Å². The standard InChI is InChI=1S/C14H19BrF2N2/c1-3-14(2)9-19(6-4-5-18-14)13-7-10(15)11(16)8-12(13)17/h7-8,18H,3-6,9H2,1-2H3. The minimum Gasteiger partial charge on any atom is -0.367 e. The van der Waals surface area contributed by atoms with Gasteiger partial charge in [0.1, 0.15) is 11.6 Å². The number of nitrogens with one attached hydrogen (secondary N) is 1. The van der Waals surface area contributed by atoms with E-state index in [0.717, 1.165) is 38.5 Å². The van der Waals surface area contributed by atoms with Crippen molar-refractivity contribution < 1.29 is 8.78 Å². The molecule has 2 rings (SSSR count). The van der Waals surface area contributed by atoms with Crippen molar-refractivity contribution in [2.45, 2.75) is 32.2 Å². The van der Waals surface area contributed by atoms with Crippen molar-refractivity contribution in [3.8, 4) is 0 Å². The average Bonchev–Trinajstić information content (AvgIpc) is 2.57. The van der Waals surface area contributed by atoms with E-state index in [4.69, 9.17) is 0 Å². The van der Waals surface area contributed by atoms with Gasteiger partial charge >= 0.3 is 0 Å². The Labute approximate surface area is 121 Å². The van der Waals surface area contributed by atoms with Crippen molar-refractivity contribution in [2.75, 3.05) is 24.5 Å². The molecule has 1 aromatic carbocycles. The molecule has 1 aliphatic rings. The summed E-state index contributed by atoms with van der Waals surface area (Å²) in [6, 6.07) is 2.48. The lowest BCUT2D eigenvalue weighted by molar-refractivity contribution is 0.365. The fourth-order valence-electron chi connectivity index (χ4n) is 2.41. The monoisotopic (exact) mass is 332 g/mol. The van der Waals surface area contributed by atoms with Gasteiger partial charge < -0.3 is 10.2 Å². The van der Waals surface area contributed by atoms with Gasteiger partial charge in [0.15, 0.2) is 0 Å². The van der Waals surface area contributed by atoms with E-state index in [1.165, 1.54) is 6.07 Å². The quantitative estimate of drug-likeness (QED) is 0.831. The van der Waals surface area contributed by atoms with Gasteiger partial charge in [-0.1, -0.05) is 6.92 Å². The number of anilines is 1. The first kappa shape index (κ1) is 14.7. The fourth-order valence-corrected chi connectivity index (χ4v) is 2.74. The summed E-state index contributed by atoms with van der Waals surface area (Å²) in [5.41, 5.74) is 0.431. The molecule has 1 atom stereocenters. The van der Waals surface area contributed by atoms with Crippen molar-refractivity contribution in [1.82, 2.24) is 5.32 Å². The summed E-state index contributed by atoms with van der Waals surface area (Å²) in [4.78, 5) is 2.00. The van der Waals surface area contributed by atoms with Gasteiger partial charge in [0.2, 0.25) is 0 Å². The molecule has 0 aromatic heterocycles. The second kappa shape index (κ2) is 5.75. The van der Waals surface area contributed by atoms with Crippen LogP contribution in [0.5, 0.6) is 0 Å². The van der Waals surface area contributed by atoms with Gasteiger partial charge in [0.25, 0.3) is 0 Å². The van der Waals surface area contributed by atoms with Crippen LogP contribution in [0.25, 0.3) is 0 Å². The largest absolute Gasteiger partial charge is 0.367 e. The third-order valence-corrected chi connectivity index (χ3v) is 4.41. The molecule has 106 valence electrons. The van der Waals surface area contributed by atoms with E-state index in [1.807, 2.05) is 4.90 Å². The molecule has 0 spiro atoms. The van der Waals surface area contributed by atoms with Crippen LogP contribution in [0.15, 0.2) is 16.6 Å². The summed E-state index contributed by atoms with van der Waals surface area (Å²) < 4.78 is 27.6. The van der Waals surface area contributed by atoms with E-state index in [-0.39, 0.29) is 5.54 Å². The van der Waals surface area contributed by atoms with Gasteiger partial charge in [0.05, 0.1) is 10.2 Å². The average molecular weight is 333 g/mol. The summed E-state index contributed by atoms with van der Waals surface area (Å²) in [5, 5.41) is 3.50. The molecule has 0 amide bonds. The maximum Gasteiger partial charge on any atom is 0.149 e. The Morgan fingerprint density at radius 1 is 1.37 bits per heavy atom. The minimum absolute atomic E-state index is 0.0379. The predicted octanol–water partition coefficient (Wildman–Crippen LogP) is 3.70. The van der Waals surface area contributed by atoms with Crippen molar-refractivity contribution >= 4 is 21.6 Å². The molecule has 0 aliphatic carbocycles. The fraction of sp³-hybridized carbons (Fsp3) is 0.571. The highest BCUT2D eigenvalue weighted by atomic mass is 79.9. The SMILES string of the molecule is CCC1(C)CN(c2cc(Br)c(F)cc2F)CCCN1. The minimum atomic E-state index is -0.563. The van der Waals surface area contributed by atoms with Crippen LogP contribution in [0.4, 0.5) is 14.5 Å². The van der Waals surface area contributed by atoms with E-state index in [9.17, 15) is 8.78 Å². The Morgan fingerprint density at radius 3 is 2.79 bits per heavy atom. The Kier molecular flexibility index (Phi) is 4.46. The molecule has 0 saturated carbocycles. The van der Waals surface area contributed by atoms with Gasteiger partial charge in [-0.2, -0.15) is 0 Å². The zero-order chi connectivity index (χ0) is 14.0. The van der Waals surface area contributed by atoms with Crippen molar-refractivity contribution in [2.24, 2.45) is 0 Å². The van der Waals surface area contributed by atoms with Crippen LogP contribution < -0.4 is 10.2 Å². The zero-order valence-corrected chi connectivity index (χ0v) is 12.9. The third-order valence-electron chi connectivity index (χ3n) is 3.81. The van der Waals surface area contributed by atoms with Crippen LogP contribution >= 0.6 is 15.9 Å². The summed E-state index contributed by atoms with van der Waals surface area (Å²) in [5.74, 6) is -1.06. The van der Waals surface area contributed by atoms with Gasteiger partial charge in [-0.3, -0.25) is 0 Å². The summed E-state index contributed by atoms with van der Waals surface area (Å²) in [6.45, 7) is 6.68. The number of benzene rings is 1. The maximum atomic E-state index is 14.0. The van der Waals surface area contributed by atoms with Crippen molar-refractivity contribution in [3.63, 3.8) is 0 Å². The maximum absolute atomic E-state index is 14.0. The topological polar surface area (TPSA) is 15.3 Å². The molecule has 1 fully saturated rings. The molecule has 1 heterocycles. The first-order chi connectivity index (χ1) is 8.95. The molecule has 19 heavy (non-hydrogen) atoms. The van der Waals surface area contributed by atoms with Gasteiger partial charge in [-0.25, -0.2) is 8.78 Å². The Bertz CT molecular complexity index is 467. The molecular weight excluding hydrogens is 314 g/mol. The highest BCUT2D eigenvalue weighted by molar-refractivity contribution is 9.10. The van der Waals surface area contributed by atoms with E-state index < -0.39 is 11.6 Å². The number of rotatable bonds is 2. The second-order valence-electron chi connectivity index (χ2n) is 5.33. The van der Waals surface area contributed by atoms with E-state index in [1.54, 1.807) is 0 Å². The number of hydrogen-bond donors (Lipinski definition) is 1. The molecule has 0 bridgehead atoms. The molecule has 2 nitrogen and oxygen atoms in total. The van der Waals surface area contributed by atoms with E-state index >= 15 is 0 Å². The molecule has 1 aliphatic heterocycles. The van der Waals surface area contributed by atoms with Crippen LogP contribution in [0.1, 0.15) is 26.7 Å². The lowest BCUT2D eigenvalue weighted by Crippen LogP contribution is -2.48. The van der Waals surface area contributed by atoms with Crippen LogP contribution in [0.2, 0.25) is 0 Å². The first-order valence-corrected chi connectivity index (χ1v) is 7.39. The van der Waals surface area contributed by atoms with Crippen molar-refractivity contribution in [3.05, 3.63) is 28.2 Å². The molecule has 1 unspecified atom stereocenters. The van der Waals surface area contributed by atoms with E-state index in [0.29, 0.717) is 10.2 Å². The third kappa shape index (κ3) is 3.26. The summed E-state index contributed by atoms with van der Waals surface area (Å²) >= 11 is 3.13. The Morgan fingerprint density at radius 2 is 2.11 bits per heavy atom. The summed E-state index contributed by atoms with van der Waals surface area (Å²) in [6.07, 6.45) is 1.91. The zero-order valence-electron chi connectivity index (χ0n) is 11.3. The highest BCUT2D eigenvalue weighted by Crippen LogP contribution is 2.29. The highest BCUT2D eigenvalue weighted by Gasteiger charge is 2.28. The smallest absolute Gasteiger partial charge is 0.149 e. The van der Waals surface area contributed by atoms with Crippen molar-refractivity contribution in [1.29, 1.82) is 0 Å². The lowest BCUT2D eigenvalue weighted by atomic mass is 9.98. The Balaban J connectivity index is 2.32. The van der Waals surface area contributed by atoms with Crippen LogP contribution in [0.3, 0.4) is 0 Å². The molecule has 1 N–H and O–H groups in total. The summed E-state index contributed by atoms with van der Waals surface area (Å²) in [7, 11) is 0.